The van der Waals surface area contributed by atoms with Crippen molar-refractivity contribution in [3.8, 4) is 17.2 Å². The number of carboxylic acid groups (broad SMARTS) is 2. The van der Waals surface area contributed by atoms with Gasteiger partial charge in [0, 0.05) is 13.0 Å². The van der Waals surface area contributed by atoms with Crippen LogP contribution >= 0.6 is 0 Å². The maximum absolute atomic E-state index is 12.8. The quantitative estimate of drug-likeness (QED) is 0.0342. The molecule has 0 saturated heterocycles. The summed E-state index contributed by atoms with van der Waals surface area (Å²) in [6.45, 7) is 11.7. The number of halogens is 1. The second kappa shape index (κ2) is 27.7. The van der Waals surface area contributed by atoms with Gasteiger partial charge in [0.2, 0.25) is 0 Å². The van der Waals surface area contributed by atoms with Gasteiger partial charge < -0.3 is 57.4 Å². The number of nitrogens with one attached hydrogen (secondary N) is 1. The first kappa shape index (κ1) is 64.8. The van der Waals surface area contributed by atoms with Gasteiger partial charge in [-0.15, -0.1) is 0 Å². The third-order valence-electron chi connectivity index (χ3n) is 22.3. The molecule has 9 unspecified atom stereocenters. The normalized spacial score (nSPS) is 33.2. The number of esters is 2. The number of hydrogen-bond donors (Lipinski definition) is 7. The van der Waals surface area contributed by atoms with Gasteiger partial charge in [0.1, 0.15) is 30.1 Å². The highest BCUT2D eigenvalue weighted by Crippen LogP contribution is 2.64. The van der Waals surface area contributed by atoms with Crippen LogP contribution in [0.4, 0.5) is 0 Å². The van der Waals surface area contributed by atoms with Crippen LogP contribution < -0.4 is 26.8 Å². The number of rotatable bonds is 11. The van der Waals surface area contributed by atoms with Crippen molar-refractivity contribution in [2.24, 2.45) is 61.7 Å². The molecule has 9 aliphatic carbocycles. The minimum absolute atomic E-state index is 0. The minimum Gasteiger partial charge on any atom is -1.00 e. The molecule has 7 N–H and O–H groups in total. The summed E-state index contributed by atoms with van der Waals surface area (Å²) in [5.74, 6) is 3.04. The number of aliphatic imine (C=N–C) groups is 2. The Bertz CT molecular complexity index is 2770. The SMILES string of the molecule is CCN=C=NCCC[NH+](C)C.C[C@]12CCC3c4ccc(O)cc4CCC3C1CC[C@@H]2O.C[C@]12CCC3c4ccc(OC(=O)CC(=O)Oc5ccc6c(c5)CCC5C6CC[C@@]6(C)C5CC[C@@H]6O)cc4CCC3C1CC[C@@H]2O.O=C(O)CC(=O)O.[Cl-]. The molecule has 0 radical (unpaired) electrons. The van der Waals surface area contributed by atoms with E-state index < -0.39 is 36.7 Å². The Kier molecular flexibility index (Phi) is 21.4. The van der Waals surface area contributed by atoms with Gasteiger partial charge in [-0.1, -0.05) is 39.0 Å². The Hall–Kier alpha value is -5.15. The smallest absolute Gasteiger partial charge is 0.322 e. The number of aromatic hydroxyl groups is 1. The first-order valence-electron chi connectivity index (χ1n) is 31.5. The molecule has 9 aliphatic rings. The van der Waals surface area contributed by atoms with Crippen LogP contribution in [0.5, 0.6) is 17.2 Å². The lowest BCUT2D eigenvalue weighted by Crippen LogP contribution is -3.05. The topological polar surface area (TPSA) is 237 Å². The van der Waals surface area contributed by atoms with Gasteiger partial charge >= 0.3 is 23.9 Å². The fourth-order valence-corrected chi connectivity index (χ4v) is 18.0. The van der Waals surface area contributed by atoms with Crippen molar-refractivity contribution in [3.05, 3.63) is 88.0 Å². The van der Waals surface area contributed by atoms with Crippen molar-refractivity contribution in [1.29, 1.82) is 0 Å². The largest absolute Gasteiger partial charge is 1.00 e. The monoisotopic (exact) mass is 1180 g/mol. The number of benzene rings is 3. The number of ether oxygens (including phenoxy) is 2. The Morgan fingerprint density at radius 1 is 0.560 bits per heavy atom. The Labute approximate surface area is 503 Å². The van der Waals surface area contributed by atoms with Gasteiger partial charge in [0.25, 0.3) is 0 Å². The molecule has 460 valence electrons. The predicted molar refractivity (Wildman–Crippen MR) is 316 cm³/mol. The Balaban J connectivity index is 0.000000193. The highest BCUT2D eigenvalue weighted by Gasteiger charge is 2.57. The van der Waals surface area contributed by atoms with Crippen LogP contribution in [0.3, 0.4) is 0 Å². The average Bonchev–Trinajstić information content (AvgIpc) is 1.64. The summed E-state index contributed by atoms with van der Waals surface area (Å²) in [6.07, 6.45) is 18.9. The molecule has 84 heavy (non-hydrogen) atoms. The second-order valence-corrected chi connectivity index (χ2v) is 27.1. The summed E-state index contributed by atoms with van der Waals surface area (Å²) in [6, 6.07) is 20.6. The molecule has 15 atom stereocenters. The zero-order valence-corrected chi connectivity index (χ0v) is 51.3. The summed E-state index contributed by atoms with van der Waals surface area (Å²) in [4.78, 5) is 53.7. The van der Waals surface area contributed by atoms with E-state index in [9.17, 15) is 39.6 Å². The van der Waals surface area contributed by atoms with E-state index >= 15 is 0 Å². The number of nitrogens with zero attached hydrogens (tertiary/aromatic N) is 2. The Morgan fingerprint density at radius 3 is 1.32 bits per heavy atom. The first-order valence-corrected chi connectivity index (χ1v) is 31.5. The molecule has 16 heteroatoms. The molecular formula is C68H94ClN3O12. The number of phenolic OH excluding ortho intramolecular Hbond substituents is 1. The number of aryl methyl sites for hydroxylation is 3. The summed E-state index contributed by atoms with van der Waals surface area (Å²) in [5, 5.41) is 56.8. The zero-order chi connectivity index (χ0) is 59.4. The van der Waals surface area contributed by atoms with Crippen molar-refractivity contribution in [2.75, 3.05) is 33.7 Å². The minimum atomic E-state index is -1.31. The number of fused-ring (bicyclic) bond motifs is 15. The molecule has 0 aromatic heterocycles. The third kappa shape index (κ3) is 14.0. The maximum Gasteiger partial charge on any atom is 0.322 e. The van der Waals surface area contributed by atoms with Crippen LogP contribution in [-0.2, 0) is 38.4 Å². The summed E-state index contributed by atoms with van der Waals surface area (Å²) in [5.41, 5.74) is 8.34. The van der Waals surface area contributed by atoms with E-state index in [-0.39, 0.29) is 47.0 Å². The van der Waals surface area contributed by atoms with Crippen LogP contribution in [0, 0.1) is 51.8 Å². The predicted octanol–water partition coefficient (Wildman–Crippen LogP) is 6.90. The number of aliphatic hydroxyl groups excluding tert-OH is 3. The molecule has 15 nitrogen and oxygen atoms in total. The molecule has 6 fully saturated rings. The molecule has 3 aromatic rings. The van der Waals surface area contributed by atoms with E-state index in [1.54, 1.807) is 0 Å². The van der Waals surface area contributed by atoms with Gasteiger partial charge in [-0.05, 0) is 262 Å². The first-order chi connectivity index (χ1) is 39.6. The molecule has 0 spiro atoms. The van der Waals surface area contributed by atoms with Crippen molar-refractivity contribution < 1.29 is 76.6 Å². The lowest BCUT2D eigenvalue weighted by Gasteiger charge is -2.50. The highest BCUT2D eigenvalue weighted by molar-refractivity contribution is 5.93. The van der Waals surface area contributed by atoms with E-state index in [0.717, 1.165) is 128 Å². The number of aliphatic carboxylic acids is 2. The van der Waals surface area contributed by atoms with Crippen LogP contribution in [-0.4, -0.2) is 113 Å². The molecular weight excluding hydrogens is 1090 g/mol. The molecule has 0 amide bonds. The fraction of sp³-hybridized carbons (Fsp3) is 0.662. The second-order valence-electron chi connectivity index (χ2n) is 27.1. The van der Waals surface area contributed by atoms with Gasteiger partial charge in [-0.25, -0.2) is 9.98 Å². The highest BCUT2D eigenvalue weighted by atomic mass is 35.5. The van der Waals surface area contributed by atoms with Gasteiger partial charge in [-0.2, -0.15) is 0 Å². The molecule has 6 saturated carbocycles. The molecule has 0 bridgehead atoms. The summed E-state index contributed by atoms with van der Waals surface area (Å²) in [7, 11) is 4.29. The summed E-state index contributed by atoms with van der Waals surface area (Å²) >= 11 is 0. The van der Waals surface area contributed by atoms with Crippen LogP contribution in [0.2, 0.25) is 0 Å². The number of carboxylic acids is 2. The Morgan fingerprint density at radius 2 is 0.952 bits per heavy atom. The maximum atomic E-state index is 12.8. The molecule has 3 aromatic carbocycles. The molecule has 0 heterocycles. The van der Waals surface area contributed by atoms with Gasteiger partial charge in [0.05, 0.1) is 51.5 Å². The van der Waals surface area contributed by atoms with E-state index in [4.69, 9.17) is 19.7 Å². The van der Waals surface area contributed by atoms with E-state index in [0.29, 0.717) is 64.6 Å². The molecule has 0 aliphatic heterocycles. The third-order valence-corrected chi connectivity index (χ3v) is 22.3. The van der Waals surface area contributed by atoms with Gasteiger partial charge in [0.15, 0.2) is 0 Å². The number of quaternary nitrogens is 1. The fourth-order valence-electron chi connectivity index (χ4n) is 18.0. The lowest BCUT2D eigenvalue weighted by atomic mass is 9.55. The van der Waals surface area contributed by atoms with Crippen molar-refractivity contribution in [3.63, 3.8) is 0 Å². The van der Waals surface area contributed by atoms with Crippen LogP contribution in [0.15, 0.2) is 64.6 Å². The van der Waals surface area contributed by atoms with E-state index in [1.165, 1.54) is 57.5 Å². The van der Waals surface area contributed by atoms with E-state index in [2.05, 4.69) is 69.1 Å². The van der Waals surface area contributed by atoms with Crippen molar-refractivity contribution in [2.45, 2.75) is 199 Å². The van der Waals surface area contributed by atoms with Crippen molar-refractivity contribution >= 4 is 29.9 Å². The number of carbonyl (C=O) groups is 4. The van der Waals surface area contributed by atoms with Gasteiger partial charge in [-0.3, -0.25) is 19.2 Å². The number of hydrogen-bond acceptors (Lipinski definition) is 12. The van der Waals surface area contributed by atoms with E-state index in [1.807, 2.05) is 43.3 Å². The number of phenols is 1. The standard InChI is InChI=1S/C39H48O6.C18H24O2.C8H17N3.C3H4O4.ClH/c1-38-17-15-28-26-9-5-24(19-22(26)3-7-30(28)32(38)11-13-34(38)40)44-36(42)21-37(43)45-25-6-10-27-23(20-25)4-8-31-29(27)16-18-39(2)33(31)12-14-35(39)41;1-18-9-8-14-13-5-3-12(19)10-11(13)2-4-15(14)16(18)6-7-17(18)20;1-4-9-8-10-6-5-7-11(2)3;4-2(5)1-3(6)7;/h5-6,9-10,19-20,28-35,40-41H,3-4,7-8,11-18,21H2,1-2H3;3,5,10,14-17,19-20H,2,4,6-9H2,1H3;4-7H2,1-3H3;1H2,(H,4,5)(H,6,7);1H/t28?,29?,30?,31?,32?,33?,34-,35-,38-,39-;14?,15?,16?,17-,18-;;;/m00.../s1. The summed E-state index contributed by atoms with van der Waals surface area (Å²) < 4.78 is 11.3. The zero-order valence-electron chi connectivity index (χ0n) is 50.5. The van der Waals surface area contributed by atoms with Crippen LogP contribution in [0.25, 0.3) is 0 Å². The average molecular weight is 1180 g/mol. The van der Waals surface area contributed by atoms with Crippen LogP contribution in [0.1, 0.15) is 194 Å². The lowest BCUT2D eigenvalue weighted by molar-refractivity contribution is -0.858. The number of aliphatic hydroxyl groups is 3. The van der Waals surface area contributed by atoms with Crippen molar-refractivity contribution in [1.82, 2.24) is 0 Å². The molecule has 12 rings (SSSR count). The number of carbonyl (C=O) groups excluding carboxylic acids is 2.